The van der Waals surface area contributed by atoms with E-state index in [2.05, 4.69) is 17.2 Å². The Morgan fingerprint density at radius 3 is 2.86 bits per heavy atom. The van der Waals surface area contributed by atoms with Crippen molar-refractivity contribution < 1.29 is 5.11 Å². The number of phenols is 1. The molecule has 4 nitrogen and oxygen atoms in total. The smallest absolute Gasteiger partial charge is 0.188 e. The summed E-state index contributed by atoms with van der Waals surface area (Å²) >= 11 is 0. The molecule has 1 aromatic rings. The molecule has 0 atom stereocenters. The number of guanidine groups is 1. The first-order valence-electron chi connectivity index (χ1n) is 7.58. The van der Waals surface area contributed by atoms with Gasteiger partial charge < -0.3 is 16.2 Å². The van der Waals surface area contributed by atoms with E-state index in [0.29, 0.717) is 18.3 Å². The van der Waals surface area contributed by atoms with Crippen LogP contribution >= 0.6 is 24.0 Å². The molecule has 21 heavy (non-hydrogen) atoms. The van der Waals surface area contributed by atoms with Crippen LogP contribution in [0, 0.1) is 0 Å². The number of aryl methyl sites for hydroxylation is 1. The molecule has 1 aliphatic carbocycles. The first-order valence-corrected chi connectivity index (χ1v) is 7.58. The number of fused-ring (bicyclic) bond motifs is 1. The molecule has 0 spiro atoms. The van der Waals surface area contributed by atoms with Gasteiger partial charge in [-0.2, -0.15) is 0 Å². The van der Waals surface area contributed by atoms with Gasteiger partial charge in [-0.05, 0) is 49.3 Å². The van der Waals surface area contributed by atoms with E-state index in [4.69, 9.17) is 5.73 Å². The lowest BCUT2D eigenvalue weighted by Gasteiger charge is -2.19. The first-order chi connectivity index (χ1) is 9.72. The van der Waals surface area contributed by atoms with Crippen molar-refractivity contribution in [3.05, 3.63) is 28.8 Å². The third-order valence-corrected chi connectivity index (χ3v) is 3.87. The van der Waals surface area contributed by atoms with Crippen LogP contribution in [0.1, 0.15) is 49.3 Å². The van der Waals surface area contributed by atoms with Crippen LogP contribution in [0.15, 0.2) is 17.1 Å². The van der Waals surface area contributed by atoms with Crippen LogP contribution in [-0.2, 0) is 19.4 Å². The number of hydrogen-bond acceptors (Lipinski definition) is 2. The molecule has 0 amide bonds. The van der Waals surface area contributed by atoms with Gasteiger partial charge in [0.2, 0.25) is 0 Å². The number of unbranched alkanes of at least 4 members (excludes halogenated alkanes) is 1. The van der Waals surface area contributed by atoms with Crippen LogP contribution in [0.25, 0.3) is 0 Å². The molecule has 0 fully saturated rings. The third-order valence-electron chi connectivity index (χ3n) is 3.87. The normalized spacial score (nSPS) is 14.2. The Hall–Kier alpha value is -0.980. The van der Waals surface area contributed by atoms with Crippen LogP contribution in [-0.4, -0.2) is 17.6 Å². The topological polar surface area (TPSA) is 70.6 Å². The maximum absolute atomic E-state index is 10.1. The van der Waals surface area contributed by atoms with Gasteiger partial charge in [0.25, 0.3) is 0 Å². The highest BCUT2D eigenvalue weighted by Gasteiger charge is 2.15. The Morgan fingerprint density at radius 1 is 1.33 bits per heavy atom. The minimum Gasteiger partial charge on any atom is -0.508 e. The average Bonchev–Trinajstić information content (AvgIpc) is 2.46. The summed E-state index contributed by atoms with van der Waals surface area (Å²) in [6.07, 6.45) is 6.79. The molecule has 4 N–H and O–H groups in total. The molecule has 118 valence electrons. The lowest BCUT2D eigenvalue weighted by Crippen LogP contribution is -2.32. The highest BCUT2D eigenvalue weighted by molar-refractivity contribution is 14.0. The summed E-state index contributed by atoms with van der Waals surface area (Å²) < 4.78 is 0. The maximum Gasteiger partial charge on any atom is 0.188 e. The number of nitrogens with zero attached hydrogens (tertiary/aromatic N) is 1. The van der Waals surface area contributed by atoms with Crippen LogP contribution in [0.5, 0.6) is 5.75 Å². The predicted octanol–water partition coefficient (Wildman–Crippen LogP) is 3.09. The second kappa shape index (κ2) is 9.12. The largest absolute Gasteiger partial charge is 0.508 e. The summed E-state index contributed by atoms with van der Waals surface area (Å²) in [5.74, 6) is 0.807. The molecule has 1 aromatic carbocycles. The van der Waals surface area contributed by atoms with Crippen LogP contribution < -0.4 is 11.1 Å². The van der Waals surface area contributed by atoms with Gasteiger partial charge in [-0.25, -0.2) is 4.99 Å². The highest BCUT2D eigenvalue weighted by atomic mass is 127. The number of aliphatic imine (C=N–C) groups is 1. The van der Waals surface area contributed by atoms with Crippen molar-refractivity contribution in [2.45, 2.75) is 52.0 Å². The fourth-order valence-corrected chi connectivity index (χ4v) is 2.68. The van der Waals surface area contributed by atoms with Crippen molar-refractivity contribution in [3.63, 3.8) is 0 Å². The minimum atomic E-state index is 0. The summed E-state index contributed by atoms with van der Waals surface area (Å²) in [5.41, 5.74) is 9.43. The number of benzene rings is 1. The number of halogens is 1. The van der Waals surface area contributed by atoms with Crippen LogP contribution in [0.4, 0.5) is 0 Å². The van der Waals surface area contributed by atoms with E-state index in [1.807, 2.05) is 6.07 Å². The zero-order valence-corrected chi connectivity index (χ0v) is 15.0. The van der Waals surface area contributed by atoms with Crippen molar-refractivity contribution in [1.82, 2.24) is 5.32 Å². The van der Waals surface area contributed by atoms with E-state index in [1.165, 1.54) is 24.0 Å². The Labute approximate surface area is 144 Å². The molecule has 5 heteroatoms. The summed E-state index contributed by atoms with van der Waals surface area (Å²) in [6, 6.07) is 3.83. The van der Waals surface area contributed by atoms with Gasteiger partial charge >= 0.3 is 0 Å². The Bertz CT molecular complexity index is 489. The number of hydrogen-bond donors (Lipinski definition) is 3. The minimum absolute atomic E-state index is 0. The molecule has 0 radical (unpaired) electrons. The molecule has 0 saturated carbocycles. The molecule has 2 rings (SSSR count). The Morgan fingerprint density at radius 2 is 2.10 bits per heavy atom. The predicted molar refractivity (Wildman–Crippen MR) is 98.4 cm³/mol. The van der Waals surface area contributed by atoms with Gasteiger partial charge in [-0.1, -0.05) is 19.4 Å². The summed E-state index contributed by atoms with van der Waals surface area (Å²) in [4.78, 5) is 4.36. The molecular weight excluding hydrogens is 377 g/mol. The number of nitrogens with two attached hydrogens (primary N) is 1. The second-order valence-electron chi connectivity index (χ2n) is 5.39. The van der Waals surface area contributed by atoms with Crippen molar-refractivity contribution in [3.8, 4) is 5.75 Å². The van der Waals surface area contributed by atoms with E-state index < -0.39 is 0 Å². The average molecular weight is 403 g/mol. The van der Waals surface area contributed by atoms with E-state index in [-0.39, 0.29) is 24.0 Å². The van der Waals surface area contributed by atoms with E-state index >= 15 is 0 Å². The van der Waals surface area contributed by atoms with Gasteiger partial charge in [0.05, 0.1) is 6.54 Å². The van der Waals surface area contributed by atoms with Gasteiger partial charge in [0.15, 0.2) is 5.96 Å². The fourth-order valence-electron chi connectivity index (χ4n) is 2.68. The second-order valence-corrected chi connectivity index (χ2v) is 5.39. The highest BCUT2D eigenvalue weighted by Crippen LogP contribution is 2.30. The number of aromatic hydroxyl groups is 1. The van der Waals surface area contributed by atoms with E-state index in [0.717, 1.165) is 37.8 Å². The lowest BCUT2D eigenvalue weighted by atomic mass is 9.88. The van der Waals surface area contributed by atoms with Gasteiger partial charge in [-0.15, -0.1) is 24.0 Å². The van der Waals surface area contributed by atoms with E-state index in [1.54, 1.807) is 6.07 Å². The van der Waals surface area contributed by atoms with Crippen molar-refractivity contribution in [2.24, 2.45) is 10.7 Å². The Balaban J connectivity index is 0.00000220. The zero-order valence-electron chi connectivity index (χ0n) is 12.7. The quantitative estimate of drug-likeness (QED) is 0.306. The van der Waals surface area contributed by atoms with Gasteiger partial charge in [-0.3, -0.25) is 0 Å². The lowest BCUT2D eigenvalue weighted by molar-refractivity contribution is 0.465. The zero-order chi connectivity index (χ0) is 14.4. The van der Waals surface area contributed by atoms with Gasteiger partial charge in [0, 0.05) is 12.1 Å². The van der Waals surface area contributed by atoms with E-state index in [9.17, 15) is 5.11 Å². The number of rotatable bonds is 5. The van der Waals surface area contributed by atoms with Crippen molar-refractivity contribution >= 4 is 29.9 Å². The fraction of sp³-hybridized carbons (Fsp3) is 0.562. The summed E-state index contributed by atoms with van der Waals surface area (Å²) in [5, 5.41) is 13.2. The molecular formula is C16H26IN3O. The maximum atomic E-state index is 10.1. The molecule has 0 heterocycles. The molecule has 0 aromatic heterocycles. The molecule has 0 bridgehead atoms. The van der Waals surface area contributed by atoms with Crippen molar-refractivity contribution in [2.75, 3.05) is 6.54 Å². The third kappa shape index (κ3) is 5.05. The number of nitrogens with one attached hydrogen (secondary N) is 1. The van der Waals surface area contributed by atoms with Gasteiger partial charge in [0.1, 0.15) is 5.75 Å². The Kier molecular flexibility index (Phi) is 7.85. The summed E-state index contributed by atoms with van der Waals surface area (Å²) in [7, 11) is 0. The molecule has 0 aliphatic heterocycles. The SMILES string of the molecule is CCCCNC(N)=NCc1c(O)ccc2c1CCCC2.I. The monoisotopic (exact) mass is 403 g/mol. The van der Waals surface area contributed by atoms with Crippen LogP contribution in [0.2, 0.25) is 0 Å². The summed E-state index contributed by atoms with van der Waals surface area (Å²) in [6.45, 7) is 3.45. The van der Waals surface area contributed by atoms with Crippen molar-refractivity contribution in [1.29, 1.82) is 0 Å². The molecule has 0 unspecified atom stereocenters. The van der Waals surface area contributed by atoms with Crippen LogP contribution in [0.3, 0.4) is 0 Å². The first kappa shape index (κ1) is 18.1. The molecule has 1 aliphatic rings. The standard InChI is InChI=1S/C16H25N3O.HI/c1-2-3-10-18-16(17)19-11-14-13-7-5-4-6-12(13)8-9-15(14)20;/h8-9,20H,2-7,10-11H2,1H3,(H3,17,18,19);1H. The number of phenolic OH excluding ortho intramolecular Hbond substituents is 1. The molecule has 0 saturated heterocycles.